The minimum Gasteiger partial charge on any atom is -0.396 e. The molecule has 2 heterocycles. The molecule has 2 fully saturated rings. The molecule has 2 aliphatic rings. The Morgan fingerprint density at radius 1 is 1.25 bits per heavy atom. The van der Waals surface area contributed by atoms with E-state index in [1.807, 2.05) is 13.0 Å². The molecule has 2 saturated heterocycles. The molecule has 0 saturated carbocycles. The second-order valence-electron chi connectivity index (χ2n) is 7.00. The lowest BCUT2D eigenvalue weighted by Gasteiger charge is -2.34. The van der Waals surface area contributed by atoms with E-state index in [9.17, 15) is 9.90 Å². The number of carbonyl (C=O) groups is 1. The Balaban J connectivity index is 1.61. The number of nitrogens with one attached hydrogen (secondary N) is 1. The average Bonchev–Trinajstić information content (AvgIpc) is 3.06. The Morgan fingerprint density at radius 2 is 2.00 bits per heavy atom. The lowest BCUT2D eigenvalue weighted by Crippen LogP contribution is -2.44. The van der Waals surface area contributed by atoms with Crippen molar-refractivity contribution in [3.05, 3.63) is 23.8 Å². The molecule has 0 radical (unpaired) electrons. The van der Waals surface area contributed by atoms with Crippen molar-refractivity contribution >= 4 is 17.4 Å². The van der Waals surface area contributed by atoms with Crippen molar-refractivity contribution in [3.8, 4) is 0 Å². The van der Waals surface area contributed by atoms with Crippen LogP contribution in [0.5, 0.6) is 0 Å². The minimum atomic E-state index is -0.0682. The smallest absolute Gasteiger partial charge is 0.321 e. The molecule has 2 amide bonds. The third-order valence-electron chi connectivity index (χ3n) is 5.15. The van der Waals surface area contributed by atoms with Crippen LogP contribution < -0.4 is 10.2 Å². The largest absolute Gasteiger partial charge is 0.396 e. The van der Waals surface area contributed by atoms with Crippen molar-refractivity contribution in [2.75, 3.05) is 63.1 Å². The number of benzene rings is 1. The van der Waals surface area contributed by atoms with Gasteiger partial charge in [-0.15, -0.1) is 0 Å². The van der Waals surface area contributed by atoms with E-state index in [1.54, 1.807) is 4.90 Å². The first-order chi connectivity index (χ1) is 11.6. The molecule has 0 aromatic heterocycles. The number of aryl methyl sites for hydroxylation is 1. The third-order valence-corrected chi connectivity index (χ3v) is 5.15. The Labute approximate surface area is 144 Å². The van der Waals surface area contributed by atoms with E-state index in [-0.39, 0.29) is 18.6 Å². The number of piperazine rings is 1. The highest BCUT2D eigenvalue weighted by Crippen LogP contribution is 2.24. The van der Waals surface area contributed by atoms with Gasteiger partial charge < -0.3 is 25.1 Å². The number of aliphatic hydroxyl groups is 1. The molecule has 132 valence electrons. The zero-order chi connectivity index (χ0) is 17.1. The summed E-state index contributed by atoms with van der Waals surface area (Å²) >= 11 is 0. The number of aliphatic hydroxyl groups excluding tert-OH is 1. The van der Waals surface area contributed by atoms with Gasteiger partial charge in [-0.05, 0) is 44.2 Å². The number of hydrogen-bond donors (Lipinski definition) is 2. The van der Waals surface area contributed by atoms with Crippen molar-refractivity contribution in [3.63, 3.8) is 0 Å². The second kappa shape index (κ2) is 7.40. The molecular formula is C18H28N4O2. The van der Waals surface area contributed by atoms with Gasteiger partial charge in [0.15, 0.2) is 0 Å². The molecule has 1 aromatic carbocycles. The van der Waals surface area contributed by atoms with E-state index in [1.165, 1.54) is 5.69 Å². The minimum absolute atomic E-state index is 0.0682. The first-order valence-corrected chi connectivity index (χ1v) is 8.77. The maximum Gasteiger partial charge on any atom is 0.321 e. The lowest BCUT2D eigenvalue weighted by molar-refractivity contribution is 0.208. The average molecular weight is 332 g/mol. The van der Waals surface area contributed by atoms with Gasteiger partial charge >= 0.3 is 6.03 Å². The van der Waals surface area contributed by atoms with Gasteiger partial charge in [0.25, 0.3) is 0 Å². The standard InChI is InChI=1S/C18H28N4O2/c1-14-11-16(21-9-7-20(2)8-10-21)3-4-17(14)19-18(24)22-6-5-15(12-22)13-23/h3-4,11,15,23H,5-10,12-13H2,1-2H3,(H,19,24). The van der Waals surface area contributed by atoms with Gasteiger partial charge in [-0.2, -0.15) is 0 Å². The number of rotatable bonds is 3. The second-order valence-corrected chi connectivity index (χ2v) is 7.00. The van der Waals surface area contributed by atoms with Crippen molar-refractivity contribution in [1.82, 2.24) is 9.80 Å². The van der Waals surface area contributed by atoms with Crippen LogP contribution in [0.25, 0.3) is 0 Å². The summed E-state index contributed by atoms with van der Waals surface area (Å²) in [5.41, 5.74) is 3.17. The summed E-state index contributed by atoms with van der Waals surface area (Å²) in [7, 11) is 2.15. The van der Waals surface area contributed by atoms with Gasteiger partial charge in [-0.3, -0.25) is 0 Å². The highest BCUT2D eigenvalue weighted by molar-refractivity contribution is 5.90. The number of nitrogens with zero attached hydrogens (tertiary/aromatic N) is 3. The molecule has 0 bridgehead atoms. The van der Waals surface area contributed by atoms with Crippen LogP contribution in [0.3, 0.4) is 0 Å². The monoisotopic (exact) mass is 332 g/mol. The summed E-state index contributed by atoms with van der Waals surface area (Å²) in [5.74, 6) is 0.219. The molecule has 3 rings (SSSR count). The molecular weight excluding hydrogens is 304 g/mol. The summed E-state index contributed by atoms with van der Waals surface area (Å²) in [6.07, 6.45) is 0.880. The third kappa shape index (κ3) is 3.82. The number of likely N-dealkylation sites (tertiary alicyclic amines) is 1. The molecule has 1 atom stereocenters. The van der Waals surface area contributed by atoms with Crippen LogP contribution in [0.15, 0.2) is 18.2 Å². The van der Waals surface area contributed by atoms with E-state index < -0.39 is 0 Å². The zero-order valence-corrected chi connectivity index (χ0v) is 14.7. The predicted octanol–water partition coefficient (Wildman–Crippen LogP) is 1.59. The fraction of sp³-hybridized carbons (Fsp3) is 0.611. The van der Waals surface area contributed by atoms with E-state index >= 15 is 0 Å². The number of hydrogen-bond acceptors (Lipinski definition) is 4. The van der Waals surface area contributed by atoms with Crippen LogP contribution in [0.1, 0.15) is 12.0 Å². The summed E-state index contributed by atoms with van der Waals surface area (Å²) in [5, 5.41) is 12.2. The molecule has 24 heavy (non-hydrogen) atoms. The molecule has 1 unspecified atom stereocenters. The molecule has 2 N–H and O–H groups in total. The van der Waals surface area contributed by atoms with Crippen LogP contribution in [-0.2, 0) is 0 Å². The number of urea groups is 1. The number of anilines is 2. The lowest BCUT2D eigenvalue weighted by atomic mass is 10.1. The molecule has 2 aliphatic heterocycles. The number of amides is 2. The van der Waals surface area contributed by atoms with E-state index in [0.29, 0.717) is 6.54 Å². The van der Waals surface area contributed by atoms with Crippen molar-refractivity contribution < 1.29 is 9.90 Å². The topological polar surface area (TPSA) is 59.0 Å². The summed E-state index contributed by atoms with van der Waals surface area (Å²) in [6, 6.07) is 6.18. The van der Waals surface area contributed by atoms with Gasteiger partial charge in [0, 0.05) is 63.2 Å². The Kier molecular flexibility index (Phi) is 5.26. The van der Waals surface area contributed by atoms with Gasteiger partial charge in [0.1, 0.15) is 0 Å². The van der Waals surface area contributed by atoms with E-state index in [0.717, 1.165) is 50.4 Å². The van der Waals surface area contributed by atoms with Crippen molar-refractivity contribution in [1.29, 1.82) is 0 Å². The fourth-order valence-corrected chi connectivity index (χ4v) is 3.41. The highest BCUT2D eigenvalue weighted by atomic mass is 16.3. The van der Waals surface area contributed by atoms with E-state index in [4.69, 9.17) is 0 Å². The molecule has 0 aliphatic carbocycles. The number of carbonyl (C=O) groups excluding carboxylic acids is 1. The van der Waals surface area contributed by atoms with Crippen LogP contribution >= 0.6 is 0 Å². The van der Waals surface area contributed by atoms with Gasteiger partial charge in [0.2, 0.25) is 0 Å². The molecule has 0 spiro atoms. The van der Waals surface area contributed by atoms with Crippen LogP contribution in [0.2, 0.25) is 0 Å². The molecule has 6 heteroatoms. The van der Waals surface area contributed by atoms with Crippen LogP contribution in [-0.4, -0.2) is 73.9 Å². The predicted molar refractivity (Wildman–Crippen MR) is 96.7 cm³/mol. The van der Waals surface area contributed by atoms with Gasteiger partial charge in [0.05, 0.1) is 0 Å². The number of likely N-dealkylation sites (N-methyl/N-ethyl adjacent to an activating group) is 1. The first kappa shape index (κ1) is 17.0. The van der Waals surface area contributed by atoms with E-state index in [2.05, 4.69) is 34.3 Å². The van der Waals surface area contributed by atoms with Crippen LogP contribution in [0.4, 0.5) is 16.2 Å². The SMILES string of the molecule is Cc1cc(N2CCN(C)CC2)ccc1NC(=O)N1CCC(CO)C1. The summed E-state index contributed by atoms with van der Waals surface area (Å²) in [4.78, 5) is 18.9. The summed E-state index contributed by atoms with van der Waals surface area (Å²) in [6.45, 7) is 7.79. The Morgan fingerprint density at radius 3 is 2.62 bits per heavy atom. The van der Waals surface area contributed by atoms with Crippen LogP contribution in [0, 0.1) is 12.8 Å². The highest BCUT2D eigenvalue weighted by Gasteiger charge is 2.26. The van der Waals surface area contributed by atoms with Gasteiger partial charge in [-0.1, -0.05) is 0 Å². The maximum atomic E-state index is 12.4. The normalized spacial score (nSPS) is 22.0. The summed E-state index contributed by atoms with van der Waals surface area (Å²) < 4.78 is 0. The maximum absolute atomic E-state index is 12.4. The molecule has 1 aromatic rings. The quantitative estimate of drug-likeness (QED) is 0.883. The van der Waals surface area contributed by atoms with Crippen molar-refractivity contribution in [2.45, 2.75) is 13.3 Å². The fourth-order valence-electron chi connectivity index (χ4n) is 3.41. The van der Waals surface area contributed by atoms with Gasteiger partial charge in [-0.25, -0.2) is 4.79 Å². The Bertz CT molecular complexity index is 584. The zero-order valence-electron chi connectivity index (χ0n) is 14.7. The first-order valence-electron chi connectivity index (χ1n) is 8.77. The molecule has 6 nitrogen and oxygen atoms in total. The Hall–Kier alpha value is -1.79. The van der Waals surface area contributed by atoms with Crippen molar-refractivity contribution in [2.24, 2.45) is 5.92 Å².